The molecule has 0 saturated carbocycles. The summed E-state index contributed by atoms with van der Waals surface area (Å²) in [7, 11) is 0. The van der Waals surface area contributed by atoms with Crippen LogP contribution >= 0.6 is 0 Å². The first-order valence-electron chi connectivity index (χ1n) is 22.6. The van der Waals surface area contributed by atoms with Crippen molar-refractivity contribution in [1.29, 1.82) is 0 Å². The minimum atomic E-state index is -0.946. The fourth-order valence-corrected chi connectivity index (χ4v) is 10.3. The molecule has 6 aromatic carbocycles. The number of nitrogens with zero attached hydrogens (tertiary/aromatic N) is 4. The summed E-state index contributed by atoms with van der Waals surface area (Å²) in [6.45, 7) is 17.5. The van der Waals surface area contributed by atoms with Crippen LogP contribution in [0.2, 0.25) is 0 Å². The van der Waals surface area contributed by atoms with E-state index < -0.39 is 5.60 Å². The van der Waals surface area contributed by atoms with Crippen molar-refractivity contribution < 1.29 is 5.11 Å². The van der Waals surface area contributed by atoms with Crippen molar-refractivity contribution in [2.45, 2.75) is 77.2 Å². The molecule has 8 aromatic rings. The number of benzene rings is 6. The van der Waals surface area contributed by atoms with Gasteiger partial charge in [0.2, 0.25) is 0 Å². The van der Waals surface area contributed by atoms with Crippen molar-refractivity contribution in [1.82, 2.24) is 9.97 Å². The Balaban J connectivity index is 0.000000153. The molecular weight excluding hydrogens is 797 g/mol. The molecule has 0 spiro atoms. The molecule has 7 nitrogen and oxygen atoms in total. The molecule has 0 fully saturated rings. The third kappa shape index (κ3) is 7.02. The van der Waals surface area contributed by atoms with E-state index in [9.17, 15) is 5.11 Å². The quantitative estimate of drug-likeness (QED) is 0.159. The van der Waals surface area contributed by atoms with Gasteiger partial charge in [0.05, 0.1) is 28.4 Å². The van der Waals surface area contributed by atoms with Gasteiger partial charge in [0.25, 0.3) is 0 Å². The smallest absolute Gasteiger partial charge is 0.137 e. The Labute approximate surface area is 383 Å². The van der Waals surface area contributed by atoms with Gasteiger partial charge < -0.3 is 15.7 Å². The summed E-state index contributed by atoms with van der Waals surface area (Å²) in [6.07, 6.45) is 3.70. The zero-order valence-corrected chi connectivity index (χ0v) is 38.5. The number of rotatable bonds is 5. The minimum Gasteiger partial charge on any atom is -0.386 e. The number of nitrogens with one attached hydrogen (secondary N) is 2. The lowest BCUT2D eigenvalue weighted by Gasteiger charge is -2.44. The van der Waals surface area contributed by atoms with E-state index in [0.717, 1.165) is 39.9 Å². The van der Waals surface area contributed by atoms with Crippen LogP contribution in [0.4, 0.5) is 57.1 Å². The Morgan fingerprint density at radius 2 is 0.954 bits per heavy atom. The summed E-state index contributed by atoms with van der Waals surface area (Å²) in [5.74, 6) is 1.82. The van der Waals surface area contributed by atoms with Gasteiger partial charge in [0, 0.05) is 57.0 Å². The molecule has 11 rings (SSSR count). The van der Waals surface area contributed by atoms with E-state index in [2.05, 4.69) is 182 Å². The number of hydrogen-bond acceptors (Lipinski definition) is 7. The average molecular weight is 853 g/mol. The average Bonchev–Trinajstić information content (AvgIpc) is 3.30. The van der Waals surface area contributed by atoms with Crippen LogP contribution in [0, 0.1) is 0 Å². The Hall–Kier alpha value is -7.22. The largest absolute Gasteiger partial charge is 0.386 e. The van der Waals surface area contributed by atoms with Gasteiger partial charge in [-0.1, -0.05) is 133 Å². The van der Waals surface area contributed by atoms with E-state index >= 15 is 0 Å². The summed E-state index contributed by atoms with van der Waals surface area (Å²) in [6, 6.07) is 57.2. The second-order valence-corrected chi connectivity index (χ2v) is 19.5. The van der Waals surface area contributed by atoms with Gasteiger partial charge in [-0.05, 0) is 120 Å². The SMILES string of the molecule is CC(C)(O)c1ccccc1Nc1ccc2c(c1)N(c1ccccn1)c1ccccc1C2(C)C.CC1(C)c2ccccc2Nc2cc3c(cc21)C(C)(C)c1ccccc1N3c1ccccn1. The molecule has 3 aliphatic rings. The minimum absolute atomic E-state index is 0.0882. The normalized spacial score (nSPS) is 15.6. The van der Waals surface area contributed by atoms with Crippen LogP contribution in [0.3, 0.4) is 0 Å². The lowest BCUT2D eigenvalue weighted by Crippen LogP contribution is -2.33. The van der Waals surface area contributed by atoms with E-state index in [1.807, 2.05) is 74.8 Å². The molecule has 0 unspecified atom stereocenters. The van der Waals surface area contributed by atoms with Gasteiger partial charge in [0.15, 0.2) is 0 Å². The maximum absolute atomic E-state index is 10.7. The summed E-state index contributed by atoms with van der Waals surface area (Å²) in [5, 5.41) is 17.9. The van der Waals surface area contributed by atoms with Gasteiger partial charge in [-0.25, -0.2) is 9.97 Å². The predicted molar refractivity (Wildman–Crippen MR) is 269 cm³/mol. The van der Waals surface area contributed by atoms with Crippen LogP contribution < -0.4 is 20.4 Å². The molecule has 65 heavy (non-hydrogen) atoms. The zero-order chi connectivity index (χ0) is 45.3. The molecule has 5 heterocycles. The Morgan fingerprint density at radius 1 is 0.462 bits per heavy atom. The van der Waals surface area contributed by atoms with Crippen LogP contribution in [0.5, 0.6) is 0 Å². The Kier molecular flexibility index (Phi) is 9.96. The summed E-state index contributed by atoms with van der Waals surface area (Å²) in [4.78, 5) is 14.0. The number of anilines is 10. The highest BCUT2D eigenvalue weighted by Crippen LogP contribution is 2.56. The number of aliphatic hydroxyl groups is 1. The molecule has 0 amide bonds. The molecule has 7 heteroatoms. The van der Waals surface area contributed by atoms with Gasteiger partial charge >= 0.3 is 0 Å². The molecule has 0 bridgehead atoms. The predicted octanol–water partition coefficient (Wildman–Crippen LogP) is 14.7. The zero-order valence-electron chi connectivity index (χ0n) is 38.5. The molecule has 0 aliphatic carbocycles. The van der Waals surface area contributed by atoms with Crippen LogP contribution in [-0.2, 0) is 21.8 Å². The topological polar surface area (TPSA) is 76.6 Å². The summed E-state index contributed by atoms with van der Waals surface area (Å²) < 4.78 is 0. The van der Waals surface area contributed by atoms with Crippen molar-refractivity contribution in [2.24, 2.45) is 0 Å². The Morgan fingerprint density at radius 3 is 1.55 bits per heavy atom. The van der Waals surface area contributed by atoms with Crippen LogP contribution in [-0.4, -0.2) is 15.1 Å². The van der Waals surface area contributed by atoms with Crippen molar-refractivity contribution in [2.75, 3.05) is 20.4 Å². The number of fused-ring (bicyclic) bond motifs is 6. The molecular formula is C58H56N6O. The fraction of sp³-hybridized carbons (Fsp3) is 0.207. The first-order chi connectivity index (χ1) is 31.2. The van der Waals surface area contributed by atoms with Crippen molar-refractivity contribution in [3.8, 4) is 0 Å². The maximum Gasteiger partial charge on any atom is 0.137 e. The number of pyridine rings is 2. The Bertz CT molecular complexity index is 3080. The molecule has 2 aromatic heterocycles. The van der Waals surface area contributed by atoms with Crippen LogP contribution in [0.1, 0.15) is 94.3 Å². The van der Waals surface area contributed by atoms with Crippen LogP contribution in [0.25, 0.3) is 0 Å². The van der Waals surface area contributed by atoms with Crippen molar-refractivity contribution >= 4 is 57.1 Å². The van der Waals surface area contributed by atoms with Crippen LogP contribution in [0.15, 0.2) is 176 Å². The molecule has 3 N–H and O–H groups in total. The number of aromatic nitrogens is 2. The highest BCUT2D eigenvalue weighted by Gasteiger charge is 2.42. The van der Waals surface area contributed by atoms with Gasteiger partial charge in [-0.15, -0.1) is 0 Å². The molecule has 0 atom stereocenters. The first kappa shape index (κ1) is 41.8. The summed E-state index contributed by atoms with van der Waals surface area (Å²) >= 11 is 0. The summed E-state index contributed by atoms with van der Waals surface area (Å²) in [5.41, 5.74) is 16.2. The lowest BCUT2D eigenvalue weighted by atomic mass is 9.69. The highest BCUT2D eigenvalue weighted by atomic mass is 16.3. The third-order valence-corrected chi connectivity index (χ3v) is 13.8. The van der Waals surface area contributed by atoms with Gasteiger partial charge in [0.1, 0.15) is 11.6 Å². The second-order valence-electron chi connectivity index (χ2n) is 19.5. The first-order valence-corrected chi connectivity index (χ1v) is 22.6. The van der Waals surface area contributed by atoms with E-state index in [0.29, 0.717) is 0 Å². The lowest BCUT2D eigenvalue weighted by molar-refractivity contribution is 0.0794. The van der Waals surface area contributed by atoms with Gasteiger partial charge in [-0.2, -0.15) is 0 Å². The third-order valence-electron chi connectivity index (χ3n) is 13.8. The second kappa shape index (κ2) is 15.5. The van der Waals surface area contributed by atoms with E-state index in [-0.39, 0.29) is 16.2 Å². The van der Waals surface area contributed by atoms with Crippen molar-refractivity contribution in [3.63, 3.8) is 0 Å². The fourth-order valence-electron chi connectivity index (χ4n) is 10.3. The van der Waals surface area contributed by atoms with Crippen molar-refractivity contribution in [3.05, 3.63) is 215 Å². The maximum atomic E-state index is 10.7. The molecule has 0 saturated heterocycles. The van der Waals surface area contributed by atoms with E-state index in [1.54, 1.807) is 0 Å². The monoisotopic (exact) mass is 852 g/mol. The highest BCUT2D eigenvalue weighted by molar-refractivity contribution is 5.90. The molecule has 3 aliphatic heterocycles. The van der Waals surface area contributed by atoms with Gasteiger partial charge in [-0.3, -0.25) is 9.80 Å². The molecule has 0 radical (unpaired) electrons. The van der Waals surface area contributed by atoms with E-state index in [4.69, 9.17) is 4.98 Å². The number of hydrogen-bond donors (Lipinski definition) is 3. The molecule has 324 valence electrons. The van der Waals surface area contributed by atoms with E-state index in [1.165, 1.54) is 56.1 Å². The standard InChI is InChI=1S/C29H29N3O.C29H27N3/c1-28(2)22-12-6-8-14-25(22)32(27-15-9-10-18-30-27)26-19-20(16-17-23(26)28)31-24-13-7-5-11-21(24)29(3,4)33;1-28(2)19-11-5-7-13-23(19)31-24-18-26-22(17-21(24)28)29(3,4)20-12-6-8-14-25(20)32(26)27-15-9-10-16-30-27/h5-19,31,33H,1-4H3;5-18,31H,1-4H3. The number of para-hydroxylation sites is 4.